The van der Waals surface area contributed by atoms with Crippen molar-refractivity contribution in [3.63, 3.8) is 0 Å². The van der Waals surface area contributed by atoms with Crippen LogP contribution in [0.5, 0.6) is 0 Å². The lowest BCUT2D eigenvalue weighted by Crippen LogP contribution is -2.40. The van der Waals surface area contributed by atoms with Gasteiger partial charge in [0.25, 0.3) is 0 Å². The Bertz CT molecular complexity index is 472. The molecule has 0 radical (unpaired) electrons. The highest BCUT2D eigenvalue weighted by Crippen LogP contribution is 2.20. The Balaban J connectivity index is 1.92. The summed E-state index contributed by atoms with van der Waals surface area (Å²) in [6, 6.07) is 5.39. The summed E-state index contributed by atoms with van der Waals surface area (Å²) in [6.45, 7) is 5.81. The molecule has 0 amide bonds. The molecule has 1 aromatic carbocycles. The van der Waals surface area contributed by atoms with Crippen molar-refractivity contribution < 1.29 is 9.18 Å². The monoisotopic (exact) mass is 277 g/mol. The van der Waals surface area contributed by atoms with Crippen LogP contribution < -0.4 is 0 Å². The van der Waals surface area contributed by atoms with E-state index >= 15 is 0 Å². The summed E-state index contributed by atoms with van der Waals surface area (Å²) in [7, 11) is 0. The van der Waals surface area contributed by atoms with Gasteiger partial charge in [0.15, 0.2) is 5.78 Å². The summed E-state index contributed by atoms with van der Waals surface area (Å²) in [5.74, 6) is -0.246. The SMILES string of the molecule is CCC1CCCCN1CCC(=O)c1ccc(C)c(F)c1. The summed E-state index contributed by atoms with van der Waals surface area (Å²) in [5, 5.41) is 0. The lowest BCUT2D eigenvalue weighted by molar-refractivity contribution is 0.0922. The van der Waals surface area contributed by atoms with E-state index < -0.39 is 0 Å². The molecule has 110 valence electrons. The van der Waals surface area contributed by atoms with Gasteiger partial charge < -0.3 is 0 Å². The highest BCUT2D eigenvalue weighted by molar-refractivity contribution is 5.96. The van der Waals surface area contributed by atoms with Crippen LogP contribution in [0.4, 0.5) is 4.39 Å². The van der Waals surface area contributed by atoms with E-state index in [4.69, 9.17) is 0 Å². The van der Waals surface area contributed by atoms with Crippen LogP contribution in [0, 0.1) is 12.7 Å². The number of hydrogen-bond acceptors (Lipinski definition) is 2. The van der Waals surface area contributed by atoms with Crippen LogP contribution in [0.2, 0.25) is 0 Å². The number of ketones is 1. The maximum absolute atomic E-state index is 13.5. The predicted molar refractivity (Wildman–Crippen MR) is 79.6 cm³/mol. The number of piperidine rings is 1. The summed E-state index contributed by atoms with van der Waals surface area (Å²) in [5.41, 5.74) is 1.08. The van der Waals surface area contributed by atoms with Crippen LogP contribution in [0.25, 0.3) is 0 Å². The minimum Gasteiger partial charge on any atom is -0.300 e. The Morgan fingerprint density at radius 1 is 1.40 bits per heavy atom. The maximum atomic E-state index is 13.5. The molecule has 1 unspecified atom stereocenters. The quantitative estimate of drug-likeness (QED) is 0.759. The summed E-state index contributed by atoms with van der Waals surface area (Å²) < 4.78 is 13.5. The van der Waals surface area contributed by atoms with E-state index in [1.807, 2.05) is 0 Å². The number of rotatable bonds is 5. The highest BCUT2D eigenvalue weighted by atomic mass is 19.1. The molecule has 2 rings (SSSR count). The second kappa shape index (κ2) is 6.98. The molecule has 1 aliphatic rings. The number of hydrogen-bond donors (Lipinski definition) is 0. The molecule has 1 fully saturated rings. The number of carbonyl (C=O) groups is 1. The van der Waals surface area contributed by atoms with Gasteiger partial charge in [-0.15, -0.1) is 0 Å². The average molecular weight is 277 g/mol. The van der Waals surface area contributed by atoms with Crippen molar-refractivity contribution in [2.45, 2.75) is 52.0 Å². The topological polar surface area (TPSA) is 20.3 Å². The van der Waals surface area contributed by atoms with E-state index in [1.54, 1.807) is 19.1 Å². The number of benzene rings is 1. The third-order valence-electron chi connectivity index (χ3n) is 4.34. The number of aryl methyl sites for hydroxylation is 1. The molecular weight excluding hydrogens is 253 g/mol. The first-order valence-electron chi connectivity index (χ1n) is 7.65. The van der Waals surface area contributed by atoms with Crippen LogP contribution in [0.15, 0.2) is 18.2 Å². The fourth-order valence-electron chi connectivity index (χ4n) is 2.97. The largest absolute Gasteiger partial charge is 0.300 e. The van der Waals surface area contributed by atoms with Crippen molar-refractivity contribution in [1.29, 1.82) is 0 Å². The number of carbonyl (C=O) groups excluding carboxylic acids is 1. The molecule has 0 aliphatic carbocycles. The molecule has 2 nitrogen and oxygen atoms in total. The molecule has 1 aromatic rings. The smallest absolute Gasteiger partial charge is 0.164 e. The number of likely N-dealkylation sites (tertiary alicyclic amines) is 1. The summed E-state index contributed by atoms with van der Waals surface area (Å²) in [6.07, 6.45) is 5.40. The van der Waals surface area contributed by atoms with Crippen LogP contribution in [-0.4, -0.2) is 29.8 Å². The predicted octanol–water partition coefficient (Wildman–Crippen LogP) is 3.97. The average Bonchev–Trinajstić information content (AvgIpc) is 2.47. The molecule has 0 N–H and O–H groups in total. The standard InChI is InChI=1S/C17H24FNO/c1-3-15-6-4-5-10-19(15)11-9-17(20)14-8-7-13(2)16(18)12-14/h7-8,12,15H,3-6,9-11H2,1-2H3. The van der Waals surface area contributed by atoms with Gasteiger partial charge >= 0.3 is 0 Å². The van der Waals surface area contributed by atoms with Crippen LogP contribution in [0.3, 0.4) is 0 Å². The van der Waals surface area contributed by atoms with Crippen molar-refractivity contribution >= 4 is 5.78 Å². The molecule has 0 bridgehead atoms. The van der Waals surface area contributed by atoms with Crippen LogP contribution >= 0.6 is 0 Å². The number of nitrogens with zero attached hydrogens (tertiary/aromatic N) is 1. The van der Waals surface area contributed by atoms with Gasteiger partial charge in [0.05, 0.1) is 0 Å². The first-order valence-corrected chi connectivity index (χ1v) is 7.65. The molecule has 1 aliphatic heterocycles. The normalized spacial score (nSPS) is 20.1. The zero-order chi connectivity index (χ0) is 14.5. The van der Waals surface area contributed by atoms with Crippen molar-refractivity contribution in [2.75, 3.05) is 13.1 Å². The Morgan fingerprint density at radius 2 is 2.20 bits per heavy atom. The van der Waals surface area contributed by atoms with E-state index in [0.717, 1.165) is 19.5 Å². The van der Waals surface area contributed by atoms with E-state index in [0.29, 0.717) is 23.6 Å². The van der Waals surface area contributed by atoms with Gasteiger partial charge in [-0.1, -0.05) is 25.5 Å². The molecule has 0 saturated carbocycles. The molecule has 0 aromatic heterocycles. The lowest BCUT2D eigenvalue weighted by atomic mass is 9.99. The first kappa shape index (κ1) is 15.2. The Morgan fingerprint density at radius 3 is 2.90 bits per heavy atom. The number of halogens is 1. The number of Topliss-reactive ketones (excluding diaryl/α,β-unsaturated/α-hetero) is 1. The Kier molecular flexibility index (Phi) is 5.30. The minimum atomic E-state index is -0.291. The highest BCUT2D eigenvalue weighted by Gasteiger charge is 2.21. The molecule has 3 heteroatoms. The first-order chi connectivity index (χ1) is 9.61. The van der Waals surface area contributed by atoms with Gasteiger partial charge in [-0.25, -0.2) is 4.39 Å². The van der Waals surface area contributed by atoms with E-state index in [2.05, 4.69) is 11.8 Å². The second-order valence-electron chi connectivity index (χ2n) is 5.73. The fraction of sp³-hybridized carbons (Fsp3) is 0.588. The molecular formula is C17H24FNO. The molecule has 0 spiro atoms. The lowest BCUT2D eigenvalue weighted by Gasteiger charge is -2.35. The third kappa shape index (κ3) is 3.66. The van der Waals surface area contributed by atoms with Gasteiger partial charge in [0.1, 0.15) is 5.82 Å². The van der Waals surface area contributed by atoms with Gasteiger partial charge in [0.2, 0.25) is 0 Å². The van der Waals surface area contributed by atoms with Crippen LogP contribution in [-0.2, 0) is 0 Å². The van der Waals surface area contributed by atoms with Crippen molar-refractivity contribution in [3.05, 3.63) is 35.1 Å². The van der Waals surface area contributed by atoms with Crippen molar-refractivity contribution in [1.82, 2.24) is 4.90 Å². The van der Waals surface area contributed by atoms with E-state index in [-0.39, 0.29) is 11.6 Å². The maximum Gasteiger partial charge on any atom is 0.164 e. The Labute approximate surface area is 121 Å². The second-order valence-corrected chi connectivity index (χ2v) is 5.73. The molecule has 1 heterocycles. The van der Waals surface area contributed by atoms with Gasteiger partial charge in [0, 0.05) is 24.6 Å². The zero-order valence-electron chi connectivity index (χ0n) is 12.5. The minimum absolute atomic E-state index is 0.0457. The molecule has 1 saturated heterocycles. The van der Waals surface area contributed by atoms with Gasteiger partial charge in [-0.3, -0.25) is 9.69 Å². The van der Waals surface area contributed by atoms with Crippen molar-refractivity contribution in [3.8, 4) is 0 Å². The van der Waals surface area contributed by atoms with Crippen molar-refractivity contribution in [2.24, 2.45) is 0 Å². The summed E-state index contributed by atoms with van der Waals surface area (Å²) >= 11 is 0. The zero-order valence-corrected chi connectivity index (χ0v) is 12.5. The van der Waals surface area contributed by atoms with Gasteiger partial charge in [-0.05, 0) is 44.4 Å². The molecule has 1 atom stereocenters. The van der Waals surface area contributed by atoms with Gasteiger partial charge in [-0.2, -0.15) is 0 Å². The third-order valence-corrected chi connectivity index (χ3v) is 4.34. The Hall–Kier alpha value is -1.22. The van der Waals surface area contributed by atoms with E-state index in [9.17, 15) is 9.18 Å². The molecule has 20 heavy (non-hydrogen) atoms. The fourth-order valence-corrected chi connectivity index (χ4v) is 2.97. The van der Waals surface area contributed by atoms with E-state index in [1.165, 1.54) is 25.3 Å². The summed E-state index contributed by atoms with van der Waals surface area (Å²) in [4.78, 5) is 14.6. The van der Waals surface area contributed by atoms with Crippen LogP contribution in [0.1, 0.15) is 54.9 Å².